The number of carbonyl (C=O) groups excluding carboxylic acids is 2. The van der Waals surface area contributed by atoms with Crippen LogP contribution < -0.4 is 16.5 Å². The van der Waals surface area contributed by atoms with Crippen LogP contribution in [0.15, 0.2) is 52.9 Å². The number of hydrogen-bond acceptors (Lipinski definition) is 6. The highest BCUT2D eigenvalue weighted by Crippen LogP contribution is 2.23. The summed E-state index contributed by atoms with van der Waals surface area (Å²) in [6.07, 6.45) is 0.166. The topological polar surface area (TPSA) is 109 Å². The van der Waals surface area contributed by atoms with Gasteiger partial charge >= 0.3 is 0 Å². The fourth-order valence-corrected chi connectivity index (χ4v) is 3.13. The molecule has 8 heteroatoms. The summed E-state index contributed by atoms with van der Waals surface area (Å²) < 4.78 is 0. The third-order valence-electron chi connectivity index (χ3n) is 3.76. The van der Waals surface area contributed by atoms with Crippen molar-refractivity contribution in [2.24, 2.45) is 5.10 Å². The van der Waals surface area contributed by atoms with Gasteiger partial charge in [-0.05, 0) is 18.4 Å². The molecule has 3 rings (SSSR count). The number of benzene rings is 2. The zero-order chi connectivity index (χ0) is 19.2. The second-order valence-corrected chi connectivity index (χ2v) is 6.88. The zero-order valence-corrected chi connectivity index (χ0v) is 15.5. The van der Waals surface area contributed by atoms with Gasteiger partial charge in [0, 0.05) is 22.2 Å². The Kier molecular flexibility index (Phi) is 5.77. The molecular formula is C19H19N5O2S. The third-order valence-corrected chi connectivity index (χ3v) is 4.49. The molecule has 27 heavy (non-hydrogen) atoms. The molecule has 0 bridgehead atoms. The van der Waals surface area contributed by atoms with Crippen molar-refractivity contribution in [3.63, 3.8) is 0 Å². The van der Waals surface area contributed by atoms with Crippen LogP contribution in [0.5, 0.6) is 0 Å². The molecule has 3 aromatic rings. The Morgan fingerprint density at radius 2 is 1.93 bits per heavy atom. The standard InChI is InChI=1S/C19H19N5O2S/c1-12(23-24-18(26)10-14-11-27-19(20)21-14)9-17(25)22-16-8-4-6-13-5-2-3-7-15(13)16/h2-8,11H,9-10H2,1H3,(H2,20,21)(H,22,25)(H,24,26). The number of fused-ring (bicyclic) bond motifs is 1. The van der Waals surface area contributed by atoms with Gasteiger partial charge in [0.15, 0.2) is 5.13 Å². The van der Waals surface area contributed by atoms with Crippen LogP contribution in [0.1, 0.15) is 19.0 Å². The number of amides is 2. The van der Waals surface area contributed by atoms with E-state index in [1.807, 2.05) is 42.5 Å². The van der Waals surface area contributed by atoms with Gasteiger partial charge in [-0.25, -0.2) is 10.4 Å². The van der Waals surface area contributed by atoms with Crippen LogP contribution >= 0.6 is 11.3 Å². The Labute approximate surface area is 160 Å². The second kappa shape index (κ2) is 8.41. The van der Waals surface area contributed by atoms with Crippen molar-refractivity contribution in [1.82, 2.24) is 10.4 Å². The predicted octanol–water partition coefficient (Wildman–Crippen LogP) is 2.94. The summed E-state index contributed by atoms with van der Waals surface area (Å²) in [4.78, 5) is 28.2. The van der Waals surface area contributed by atoms with Gasteiger partial charge in [-0.2, -0.15) is 5.10 Å². The number of nitrogens with two attached hydrogens (primary N) is 1. The largest absolute Gasteiger partial charge is 0.375 e. The fourth-order valence-electron chi connectivity index (χ4n) is 2.57. The van der Waals surface area contributed by atoms with Crippen molar-refractivity contribution >= 4 is 50.5 Å². The lowest BCUT2D eigenvalue weighted by Gasteiger charge is -2.08. The van der Waals surface area contributed by atoms with Gasteiger partial charge in [0.1, 0.15) is 0 Å². The first-order valence-electron chi connectivity index (χ1n) is 8.31. The van der Waals surface area contributed by atoms with E-state index in [1.54, 1.807) is 12.3 Å². The fraction of sp³-hybridized carbons (Fsp3) is 0.158. The second-order valence-electron chi connectivity index (χ2n) is 5.99. The van der Waals surface area contributed by atoms with Crippen LogP contribution in [-0.2, 0) is 16.0 Å². The van der Waals surface area contributed by atoms with Crippen molar-refractivity contribution in [3.05, 3.63) is 53.5 Å². The lowest BCUT2D eigenvalue weighted by Crippen LogP contribution is -2.23. The minimum atomic E-state index is -0.311. The number of carbonyl (C=O) groups is 2. The van der Waals surface area contributed by atoms with Gasteiger partial charge in [0.2, 0.25) is 11.8 Å². The molecule has 0 saturated carbocycles. The van der Waals surface area contributed by atoms with E-state index in [9.17, 15) is 9.59 Å². The average Bonchev–Trinajstić information content (AvgIpc) is 3.05. The molecule has 7 nitrogen and oxygen atoms in total. The van der Waals surface area contributed by atoms with E-state index >= 15 is 0 Å². The van der Waals surface area contributed by atoms with E-state index in [2.05, 4.69) is 20.8 Å². The van der Waals surface area contributed by atoms with Crippen LogP contribution in [0.2, 0.25) is 0 Å². The number of nitrogens with one attached hydrogen (secondary N) is 2. The first-order chi connectivity index (χ1) is 13.0. The van der Waals surface area contributed by atoms with Crippen molar-refractivity contribution < 1.29 is 9.59 Å². The Bertz CT molecular complexity index is 1010. The minimum Gasteiger partial charge on any atom is -0.375 e. The molecule has 0 radical (unpaired) electrons. The summed E-state index contributed by atoms with van der Waals surface area (Å²) in [5, 5.41) is 11.0. The molecule has 0 aliphatic heterocycles. The Morgan fingerprint density at radius 1 is 1.15 bits per heavy atom. The van der Waals surface area contributed by atoms with Gasteiger partial charge in [0.25, 0.3) is 0 Å². The van der Waals surface area contributed by atoms with E-state index in [0.717, 1.165) is 16.5 Å². The van der Waals surface area contributed by atoms with Crippen LogP contribution in [-0.4, -0.2) is 22.5 Å². The summed E-state index contributed by atoms with van der Waals surface area (Å²) in [6, 6.07) is 13.6. The van der Waals surface area contributed by atoms with E-state index in [0.29, 0.717) is 16.5 Å². The summed E-state index contributed by atoms with van der Waals surface area (Å²) in [6.45, 7) is 1.68. The quantitative estimate of drug-likeness (QED) is 0.450. The molecule has 2 amide bonds. The minimum absolute atomic E-state index is 0.0765. The molecule has 0 fully saturated rings. The third kappa shape index (κ3) is 5.11. The maximum Gasteiger partial charge on any atom is 0.246 e. The van der Waals surface area contributed by atoms with Crippen LogP contribution in [0.4, 0.5) is 10.8 Å². The Morgan fingerprint density at radius 3 is 2.70 bits per heavy atom. The molecule has 0 aliphatic carbocycles. The summed E-state index contributed by atoms with van der Waals surface area (Å²) in [5.41, 5.74) is 9.80. The average molecular weight is 381 g/mol. The highest BCUT2D eigenvalue weighted by Gasteiger charge is 2.09. The monoisotopic (exact) mass is 381 g/mol. The molecular weight excluding hydrogens is 362 g/mol. The van der Waals surface area contributed by atoms with Crippen molar-refractivity contribution in [1.29, 1.82) is 0 Å². The van der Waals surface area contributed by atoms with Crippen molar-refractivity contribution in [2.45, 2.75) is 19.8 Å². The highest BCUT2D eigenvalue weighted by molar-refractivity contribution is 7.13. The van der Waals surface area contributed by atoms with Crippen molar-refractivity contribution in [3.8, 4) is 0 Å². The SMILES string of the molecule is CC(CC(=O)Nc1cccc2ccccc12)=NNC(=O)Cc1csc(N)n1. The van der Waals surface area contributed by atoms with Crippen LogP contribution in [0.25, 0.3) is 10.8 Å². The number of hydrazone groups is 1. The van der Waals surface area contributed by atoms with Gasteiger partial charge < -0.3 is 11.1 Å². The summed E-state index contributed by atoms with van der Waals surface area (Å²) in [7, 11) is 0. The molecule has 1 aromatic heterocycles. The van der Waals surface area contributed by atoms with Gasteiger partial charge in [-0.3, -0.25) is 9.59 Å². The summed E-state index contributed by atoms with van der Waals surface area (Å²) in [5.74, 6) is -0.511. The molecule has 1 heterocycles. The molecule has 2 aromatic carbocycles. The van der Waals surface area contributed by atoms with Crippen LogP contribution in [0.3, 0.4) is 0 Å². The molecule has 4 N–H and O–H groups in total. The van der Waals surface area contributed by atoms with E-state index in [-0.39, 0.29) is 24.7 Å². The molecule has 0 spiro atoms. The Balaban J connectivity index is 1.55. The number of nitrogens with zero attached hydrogens (tertiary/aromatic N) is 2. The normalized spacial score (nSPS) is 11.4. The number of anilines is 2. The molecule has 138 valence electrons. The predicted molar refractivity (Wildman–Crippen MR) is 109 cm³/mol. The van der Waals surface area contributed by atoms with E-state index in [1.165, 1.54) is 11.3 Å². The maximum atomic E-state index is 12.3. The van der Waals surface area contributed by atoms with Crippen molar-refractivity contribution in [2.75, 3.05) is 11.1 Å². The van der Waals surface area contributed by atoms with E-state index in [4.69, 9.17) is 5.73 Å². The highest BCUT2D eigenvalue weighted by atomic mass is 32.1. The molecule has 0 atom stereocenters. The van der Waals surface area contributed by atoms with Gasteiger partial charge in [-0.1, -0.05) is 36.4 Å². The molecule has 0 unspecified atom stereocenters. The molecule has 0 aliphatic rings. The number of thiazole rings is 1. The van der Waals surface area contributed by atoms with Gasteiger partial charge in [-0.15, -0.1) is 11.3 Å². The number of rotatable bonds is 6. The Hall–Kier alpha value is -3.26. The maximum absolute atomic E-state index is 12.3. The smallest absolute Gasteiger partial charge is 0.246 e. The first kappa shape index (κ1) is 18.5. The van der Waals surface area contributed by atoms with E-state index < -0.39 is 0 Å². The molecule has 0 saturated heterocycles. The lowest BCUT2D eigenvalue weighted by molar-refractivity contribution is -0.120. The van der Waals surface area contributed by atoms with Gasteiger partial charge in [0.05, 0.1) is 18.5 Å². The summed E-state index contributed by atoms with van der Waals surface area (Å²) >= 11 is 1.28. The number of aromatic nitrogens is 1. The first-order valence-corrected chi connectivity index (χ1v) is 9.19. The zero-order valence-electron chi connectivity index (χ0n) is 14.7. The number of nitrogen functional groups attached to an aromatic ring is 1. The lowest BCUT2D eigenvalue weighted by atomic mass is 10.1. The number of hydrogen-bond donors (Lipinski definition) is 3. The van der Waals surface area contributed by atoms with Crippen LogP contribution in [0, 0.1) is 0 Å².